The second kappa shape index (κ2) is 7.14. The van der Waals surface area contributed by atoms with E-state index in [0.29, 0.717) is 17.3 Å². The molecular formula is C20H17ClN4O. The van der Waals surface area contributed by atoms with E-state index >= 15 is 0 Å². The molecule has 1 N–H and O–H groups in total. The molecule has 6 heteroatoms. The maximum Gasteiger partial charge on any atom is 0.251 e. The summed E-state index contributed by atoms with van der Waals surface area (Å²) >= 11 is 5.89. The minimum Gasteiger partial charge on any atom is -0.352 e. The van der Waals surface area contributed by atoms with Gasteiger partial charge in [-0.3, -0.25) is 4.79 Å². The lowest BCUT2D eigenvalue weighted by molar-refractivity contribution is 0.0953. The zero-order chi connectivity index (χ0) is 17.9. The SMILES string of the molecule is O=C(NCCCn1cnc2ccccc21)c1ccc2nc(Cl)ccc2c1. The van der Waals surface area contributed by atoms with Crippen LogP contribution in [0.2, 0.25) is 5.15 Å². The van der Waals surface area contributed by atoms with E-state index in [1.54, 1.807) is 12.1 Å². The first-order chi connectivity index (χ1) is 12.7. The van der Waals surface area contributed by atoms with Crippen molar-refractivity contribution in [2.75, 3.05) is 6.54 Å². The molecule has 0 aliphatic carbocycles. The fraction of sp³-hybridized carbons (Fsp3) is 0.150. The zero-order valence-corrected chi connectivity index (χ0v) is 14.8. The number of aromatic nitrogens is 3. The molecule has 0 aliphatic heterocycles. The average Bonchev–Trinajstić information content (AvgIpc) is 3.08. The summed E-state index contributed by atoms with van der Waals surface area (Å²) in [4.78, 5) is 21.0. The molecule has 2 aromatic carbocycles. The van der Waals surface area contributed by atoms with Crippen LogP contribution in [0.3, 0.4) is 0 Å². The number of carbonyl (C=O) groups excluding carboxylic acids is 1. The number of para-hydroxylation sites is 2. The van der Waals surface area contributed by atoms with Crippen molar-refractivity contribution >= 4 is 39.4 Å². The summed E-state index contributed by atoms with van der Waals surface area (Å²) in [7, 11) is 0. The van der Waals surface area contributed by atoms with E-state index in [0.717, 1.165) is 34.9 Å². The third-order valence-corrected chi connectivity index (χ3v) is 4.52. The van der Waals surface area contributed by atoms with Gasteiger partial charge in [0.05, 0.1) is 22.9 Å². The van der Waals surface area contributed by atoms with Gasteiger partial charge in [-0.25, -0.2) is 9.97 Å². The first-order valence-electron chi connectivity index (χ1n) is 8.45. The number of amides is 1. The molecule has 4 rings (SSSR count). The van der Waals surface area contributed by atoms with E-state index in [9.17, 15) is 4.79 Å². The molecule has 0 saturated heterocycles. The van der Waals surface area contributed by atoms with Crippen LogP contribution in [-0.2, 0) is 6.54 Å². The van der Waals surface area contributed by atoms with Gasteiger partial charge >= 0.3 is 0 Å². The molecule has 0 saturated carbocycles. The Balaban J connectivity index is 1.36. The Morgan fingerprint density at radius 3 is 2.88 bits per heavy atom. The predicted molar refractivity (Wildman–Crippen MR) is 103 cm³/mol. The van der Waals surface area contributed by atoms with Crippen LogP contribution >= 0.6 is 11.6 Å². The van der Waals surface area contributed by atoms with Crippen molar-refractivity contribution in [3.8, 4) is 0 Å². The number of hydrogen-bond acceptors (Lipinski definition) is 3. The Hall–Kier alpha value is -2.92. The van der Waals surface area contributed by atoms with Crippen LogP contribution in [0.15, 0.2) is 60.9 Å². The van der Waals surface area contributed by atoms with Gasteiger partial charge in [-0.1, -0.05) is 23.7 Å². The van der Waals surface area contributed by atoms with Crippen molar-refractivity contribution in [3.63, 3.8) is 0 Å². The molecule has 0 fully saturated rings. The van der Waals surface area contributed by atoms with Crippen LogP contribution < -0.4 is 5.32 Å². The number of rotatable bonds is 5. The molecule has 2 aromatic heterocycles. The standard InChI is InChI=1S/C20H17ClN4O/c21-19-9-7-14-12-15(6-8-16(14)24-19)20(26)22-10-3-11-25-13-23-17-4-1-2-5-18(17)25/h1-2,4-9,12-13H,3,10-11H2,(H,22,26). The number of benzene rings is 2. The van der Waals surface area contributed by atoms with E-state index in [2.05, 4.69) is 25.9 Å². The van der Waals surface area contributed by atoms with Crippen LogP contribution in [0, 0.1) is 0 Å². The number of hydrogen-bond donors (Lipinski definition) is 1. The second-order valence-electron chi connectivity index (χ2n) is 6.08. The number of halogens is 1. The molecule has 0 spiro atoms. The van der Waals surface area contributed by atoms with Gasteiger partial charge in [-0.05, 0) is 48.9 Å². The van der Waals surface area contributed by atoms with Crippen LogP contribution in [0.4, 0.5) is 0 Å². The number of carbonyl (C=O) groups is 1. The number of fused-ring (bicyclic) bond motifs is 2. The van der Waals surface area contributed by atoms with Gasteiger partial charge in [0.2, 0.25) is 0 Å². The van der Waals surface area contributed by atoms with Crippen LogP contribution in [-0.4, -0.2) is 27.0 Å². The molecule has 0 atom stereocenters. The normalized spacial score (nSPS) is 11.1. The van der Waals surface area contributed by atoms with Gasteiger partial charge in [0.15, 0.2) is 0 Å². The molecule has 26 heavy (non-hydrogen) atoms. The van der Waals surface area contributed by atoms with Crippen molar-refractivity contribution in [1.82, 2.24) is 19.9 Å². The Morgan fingerprint density at radius 2 is 1.96 bits per heavy atom. The first kappa shape index (κ1) is 16.5. The van der Waals surface area contributed by atoms with Crippen molar-refractivity contribution in [2.45, 2.75) is 13.0 Å². The molecule has 2 heterocycles. The van der Waals surface area contributed by atoms with E-state index in [-0.39, 0.29) is 5.91 Å². The van der Waals surface area contributed by atoms with E-state index < -0.39 is 0 Å². The smallest absolute Gasteiger partial charge is 0.251 e. The topological polar surface area (TPSA) is 59.8 Å². The molecule has 0 radical (unpaired) electrons. The Bertz CT molecular complexity index is 1090. The summed E-state index contributed by atoms with van der Waals surface area (Å²) in [5.74, 6) is -0.0858. The van der Waals surface area contributed by atoms with Gasteiger partial charge in [-0.2, -0.15) is 0 Å². The highest BCUT2D eigenvalue weighted by molar-refractivity contribution is 6.29. The molecule has 4 aromatic rings. The number of nitrogens with one attached hydrogen (secondary N) is 1. The molecule has 0 unspecified atom stereocenters. The summed E-state index contributed by atoms with van der Waals surface area (Å²) in [6.07, 6.45) is 2.67. The van der Waals surface area contributed by atoms with Crippen LogP contribution in [0.25, 0.3) is 21.9 Å². The molecule has 130 valence electrons. The lowest BCUT2D eigenvalue weighted by Gasteiger charge is -2.07. The highest BCUT2D eigenvalue weighted by Crippen LogP contribution is 2.17. The van der Waals surface area contributed by atoms with Crippen LogP contribution in [0.1, 0.15) is 16.8 Å². The second-order valence-corrected chi connectivity index (χ2v) is 6.46. The molecule has 1 amide bonds. The summed E-state index contributed by atoms with van der Waals surface area (Å²) in [6, 6.07) is 17.0. The van der Waals surface area contributed by atoms with Gasteiger partial charge in [0.1, 0.15) is 5.15 Å². The Kier molecular flexibility index (Phi) is 4.54. The highest BCUT2D eigenvalue weighted by atomic mass is 35.5. The summed E-state index contributed by atoms with van der Waals surface area (Å²) in [5.41, 5.74) is 3.50. The summed E-state index contributed by atoms with van der Waals surface area (Å²) in [5, 5.41) is 4.31. The third kappa shape index (κ3) is 3.39. The highest BCUT2D eigenvalue weighted by Gasteiger charge is 2.07. The maximum atomic E-state index is 12.4. The minimum atomic E-state index is -0.0858. The summed E-state index contributed by atoms with van der Waals surface area (Å²) < 4.78 is 2.10. The quantitative estimate of drug-likeness (QED) is 0.429. The number of imidazole rings is 1. The van der Waals surface area contributed by atoms with E-state index in [1.165, 1.54) is 0 Å². The monoisotopic (exact) mass is 364 g/mol. The zero-order valence-electron chi connectivity index (χ0n) is 14.0. The summed E-state index contributed by atoms with van der Waals surface area (Å²) in [6.45, 7) is 1.41. The first-order valence-corrected chi connectivity index (χ1v) is 8.83. The molecule has 0 aliphatic rings. The maximum absolute atomic E-state index is 12.4. The van der Waals surface area contributed by atoms with Crippen molar-refractivity contribution in [3.05, 3.63) is 71.6 Å². The van der Waals surface area contributed by atoms with Gasteiger partial charge in [-0.15, -0.1) is 0 Å². The fourth-order valence-electron chi connectivity index (χ4n) is 2.98. The molecule has 0 bridgehead atoms. The number of nitrogens with zero attached hydrogens (tertiary/aromatic N) is 3. The predicted octanol–water partition coefficient (Wildman–Crippen LogP) is 4.06. The van der Waals surface area contributed by atoms with E-state index in [1.807, 2.05) is 42.7 Å². The third-order valence-electron chi connectivity index (χ3n) is 4.31. The largest absolute Gasteiger partial charge is 0.352 e. The minimum absolute atomic E-state index is 0.0858. The Labute approximate surface area is 155 Å². The molecule has 5 nitrogen and oxygen atoms in total. The van der Waals surface area contributed by atoms with Crippen LogP contribution in [0.5, 0.6) is 0 Å². The number of aryl methyl sites for hydroxylation is 1. The van der Waals surface area contributed by atoms with E-state index in [4.69, 9.17) is 11.6 Å². The molecular weight excluding hydrogens is 348 g/mol. The lowest BCUT2D eigenvalue weighted by Crippen LogP contribution is -2.25. The average molecular weight is 365 g/mol. The van der Waals surface area contributed by atoms with Gasteiger partial charge < -0.3 is 9.88 Å². The van der Waals surface area contributed by atoms with Crippen molar-refractivity contribution < 1.29 is 4.79 Å². The van der Waals surface area contributed by atoms with Gasteiger partial charge in [0.25, 0.3) is 5.91 Å². The van der Waals surface area contributed by atoms with Crippen molar-refractivity contribution in [2.24, 2.45) is 0 Å². The number of pyridine rings is 1. The fourth-order valence-corrected chi connectivity index (χ4v) is 3.14. The Morgan fingerprint density at radius 1 is 1.08 bits per heavy atom. The lowest BCUT2D eigenvalue weighted by atomic mass is 10.1. The van der Waals surface area contributed by atoms with Crippen molar-refractivity contribution in [1.29, 1.82) is 0 Å². The van der Waals surface area contributed by atoms with Gasteiger partial charge in [0, 0.05) is 24.0 Å².